The monoisotopic (exact) mass is 414 g/mol. The first kappa shape index (κ1) is 20.3. The van der Waals surface area contributed by atoms with Crippen molar-refractivity contribution in [3.8, 4) is 17.2 Å². The van der Waals surface area contributed by atoms with E-state index in [2.05, 4.69) is 6.07 Å². The number of hydrogen-bond acceptors (Lipinski definition) is 1. The van der Waals surface area contributed by atoms with Gasteiger partial charge in [0.05, 0.1) is 21.7 Å². The number of nitrogens with zero attached hydrogens (tertiary/aromatic N) is 1. The van der Waals surface area contributed by atoms with Crippen LogP contribution in [0.1, 0.15) is 11.1 Å². The number of rotatable bonds is 2. The molecule has 26 heavy (non-hydrogen) atoms. The van der Waals surface area contributed by atoms with Gasteiger partial charge in [-0.1, -0.05) is 35.3 Å². The van der Waals surface area contributed by atoms with Gasteiger partial charge in [0.2, 0.25) is 0 Å². The van der Waals surface area contributed by atoms with E-state index in [4.69, 9.17) is 28.5 Å². The molecule has 1 nitrogen and oxygen atoms in total. The van der Waals surface area contributed by atoms with E-state index in [0.29, 0.717) is 0 Å². The first-order valence-corrected chi connectivity index (χ1v) is 7.33. The van der Waals surface area contributed by atoms with Crippen molar-refractivity contribution in [1.29, 1.82) is 5.26 Å². The van der Waals surface area contributed by atoms with Gasteiger partial charge in [0.25, 0.3) is 0 Å². The van der Waals surface area contributed by atoms with E-state index < -0.39 is 39.2 Å². The van der Waals surface area contributed by atoms with Gasteiger partial charge in [0.1, 0.15) is 0 Å². The van der Waals surface area contributed by atoms with E-state index >= 15 is 0 Å². The number of halogens is 9. The van der Waals surface area contributed by atoms with E-state index in [0.717, 1.165) is 12.1 Å². The molecule has 0 aliphatic rings. The molecule has 2 rings (SSSR count). The van der Waals surface area contributed by atoms with Gasteiger partial charge in [-0.05, 0) is 23.8 Å². The first-order valence-electron chi connectivity index (χ1n) is 6.57. The average Bonchev–Trinajstić information content (AvgIpc) is 2.51. The third-order valence-corrected chi connectivity index (χ3v) is 3.91. The van der Waals surface area contributed by atoms with Gasteiger partial charge >= 0.3 is 18.0 Å². The van der Waals surface area contributed by atoms with Crippen LogP contribution < -0.4 is 0 Å². The maximum atomic E-state index is 14.6. The maximum absolute atomic E-state index is 14.6. The summed E-state index contributed by atoms with van der Waals surface area (Å²) in [6.45, 7) is 0. The standard InChI is InChI=1S/C16H5Cl2F7N/c17-10-5-11(14(19,15(20,21)22)16(23,24)25)13(12(18)6-10)9-3-1-2-8(4-9)7-26/h1-5H. The van der Waals surface area contributed by atoms with Gasteiger partial charge in [-0.15, -0.1) is 0 Å². The molecule has 2 aromatic rings. The third kappa shape index (κ3) is 3.33. The van der Waals surface area contributed by atoms with Crippen molar-refractivity contribution < 1.29 is 30.7 Å². The molecule has 0 unspecified atom stereocenters. The molecule has 0 aliphatic heterocycles. The second kappa shape index (κ2) is 6.63. The molecule has 10 heteroatoms. The zero-order valence-corrected chi connectivity index (χ0v) is 13.7. The van der Waals surface area contributed by atoms with E-state index in [1.54, 1.807) is 6.07 Å². The van der Waals surface area contributed by atoms with E-state index in [-0.39, 0.29) is 17.2 Å². The van der Waals surface area contributed by atoms with Gasteiger partial charge in [-0.3, -0.25) is 0 Å². The fraction of sp³-hybridized carbons (Fsp3) is 0.188. The van der Waals surface area contributed by atoms with Gasteiger partial charge in [-0.25, -0.2) is 4.39 Å². The summed E-state index contributed by atoms with van der Waals surface area (Å²) in [5.74, 6) is 0. The zero-order chi connectivity index (χ0) is 19.9. The highest BCUT2D eigenvalue weighted by Gasteiger charge is 2.74. The summed E-state index contributed by atoms with van der Waals surface area (Å²) in [6.07, 6.45) is -12.7. The van der Waals surface area contributed by atoms with Crippen LogP contribution in [0.25, 0.3) is 11.1 Å². The SMILES string of the molecule is N#Cc1cccc(-c2c(Cl)[c]c(Cl)cc2C(F)(C(F)(F)F)C(F)(F)F)c1. The highest BCUT2D eigenvalue weighted by Crippen LogP contribution is 2.56. The molecule has 0 aliphatic carbocycles. The number of benzene rings is 2. The predicted molar refractivity (Wildman–Crippen MR) is 80.3 cm³/mol. The highest BCUT2D eigenvalue weighted by atomic mass is 35.5. The van der Waals surface area contributed by atoms with Crippen molar-refractivity contribution in [2.24, 2.45) is 0 Å². The zero-order valence-electron chi connectivity index (χ0n) is 12.2. The van der Waals surface area contributed by atoms with Crippen LogP contribution in [0.15, 0.2) is 30.3 Å². The fourth-order valence-electron chi connectivity index (χ4n) is 2.28. The summed E-state index contributed by atoms with van der Waals surface area (Å²) in [5, 5.41) is 7.38. The van der Waals surface area contributed by atoms with Crippen LogP contribution in [0.4, 0.5) is 30.7 Å². The highest BCUT2D eigenvalue weighted by molar-refractivity contribution is 6.36. The Balaban J connectivity index is 2.95. The van der Waals surface area contributed by atoms with Crippen LogP contribution in [0.2, 0.25) is 10.0 Å². The van der Waals surface area contributed by atoms with Crippen molar-refractivity contribution in [3.63, 3.8) is 0 Å². The van der Waals surface area contributed by atoms with Gasteiger partial charge in [-0.2, -0.15) is 31.6 Å². The summed E-state index contributed by atoms with van der Waals surface area (Å²) in [7, 11) is 0. The normalized spacial score (nSPS) is 12.8. The minimum absolute atomic E-state index is 0.0806. The van der Waals surface area contributed by atoms with Crippen LogP contribution >= 0.6 is 23.2 Å². The second-order valence-electron chi connectivity index (χ2n) is 5.07. The summed E-state index contributed by atoms with van der Waals surface area (Å²) in [4.78, 5) is 0. The lowest BCUT2D eigenvalue weighted by molar-refractivity contribution is -0.348. The topological polar surface area (TPSA) is 23.8 Å². The third-order valence-electron chi connectivity index (χ3n) is 3.42. The quantitative estimate of drug-likeness (QED) is 0.506. The number of hydrogen-bond donors (Lipinski definition) is 0. The predicted octanol–water partition coefficient (Wildman–Crippen LogP) is 6.62. The summed E-state index contributed by atoms with van der Waals surface area (Å²) < 4.78 is 93.5. The Morgan fingerprint density at radius 3 is 2.00 bits per heavy atom. The molecule has 0 bridgehead atoms. The van der Waals surface area contributed by atoms with Crippen molar-refractivity contribution >= 4 is 23.2 Å². The average molecular weight is 415 g/mol. The van der Waals surface area contributed by atoms with Crippen molar-refractivity contribution in [1.82, 2.24) is 0 Å². The Morgan fingerprint density at radius 2 is 1.50 bits per heavy atom. The molecule has 0 spiro atoms. The largest absolute Gasteiger partial charge is 0.435 e. The molecule has 0 atom stereocenters. The van der Waals surface area contributed by atoms with Crippen LogP contribution in [0.5, 0.6) is 0 Å². The fourth-order valence-corrected chi connectivity index (χ4v) is 2.85. The molecule has 0 aromatic heterocycles. The molecule has 0 saturated carbocycles. The Labute approximate surface area is 152 Å². The molecule has 2 aromatic carbocycles. The summed E-state index contributed by atoms with van der Waals surface area (Å²) in [5.41, 5.74) is -8.89. The molecular weight excluding hydrogens is 410 g/mol. The molecule has 0 heterocycles. The molecule has 1 radical (unpaired) electrons. The number of nitriles is 1. The molecule has 0 saturated heterocycles. The number of alkyl halides is 7. The first-order chi connectivity index (χ1) is 11.8. The molecule has 0 fully saturated rings. The molecule has 137 valence electrons. The van der Waals surface area contributed by atoms with Crippen molar-refractivity contribution in [2.45, 2.75) is 18.0 Å². The molecular formula is C16H5Cl2F7N. The van der Waals surface area contributed by atoms with Gasteiger partial charge in [0, 0.05) is 17.2 Å². The van der Waals surface area contributed by atoms with Crippen molar-refractivity contribution in [3.05, 3.63) is 57.6 Å². The van der Waals surface area contributed by atoms with Crippen LogP contribution in [0.3, 0.4) is 0 Å². The van der Waals surface area contributed by atoms with E-state index in [9.17, 15) is 30.7 Å². The smallest absolute Gasteiger partial charge is 0.218 e. The summed E-state index contributed by atoms with van der Waals surface area (Å²) in [6, 6.07) is 8.49. The minimum atomic E-state index is -6.35. The lowest BCUT2D eigenvalue weighted by Crippen LogP contribution is -2.50. The Morgan fingerprint density at radius 1 is 0.923 bits per heavy atom. The maximum Gasteiger partial charge on any atom is 0.435 e. The van der Waals surface area contributed by atoms with E-state index in [1.807, 2.05) is 0 Å². The minimum Gasteiger partial charge on any atom is -0.218 e. The van der Waals surface area contributed by atoms with Gasteiger partial charge < -0.3 is 0 Å². The summed E-state index contributed by atoms with van der Waals surface area (Å²) >= 11 is 11.2. The second-order valence-corrected chi connectivity index (χ2v) is 5.85. The Kier molecular flexibility index (Phi) is 5.19. The van der Waals surface area contributed by atoms with Gasteiger partial charge in [0.15, 0.2) is 0 Å². The Bertz CT molecular complexity index is 868. The van der Waals surface area contributed by atoms with Crippen LogP contribution in [0, 0.1) is 17.4 Å². The van der Waals surface area contributed by atoms with Crippen molar-refractivity contribution in [2.75, 3.05) is 0 Å². The molecule has 0 amide bonds. The van der Waals surface area contributed by atoms with Crippen LogP contribution in [-0.4, -0.2) is 12.4 Å². The molecule has 0 N–H and O–H groups in total. The van der Waals surface area contributed by atoms with E-state index in [1.165, 1.54) is 12.1 Å². The Hall–Kier alpha value is -1.98. The lowest BCUT2D eigenvalue weighted by atomic mass is 9.86. The van der Waals surface area contributed by atoms with Crippen LogP contribution in [-0.2, 0) is 5.67 Å². The lowest BCUT2D eigenvalue weighted by Gasteiger charge is -2.32.